The largest absolute Gasteiger partial charge is 0.497 e. The van der Waals surface area contributed by atoms with Crippen LogP contribution in [0, 0.1) is 0 Å². The summed E-state index contributed by atoms with van der Waals surface area (Å²) in [7, 11) is 0.806. The zero-order chi connectivity index (χ0) is 24.2. The van der Waals surface area contributed by atoms with E-state index in [4.69, 9.17) is 14.2 Å². The van der Waals surface area contributed by atoms with E-state index in [0.29, 0.717) is 36.7 Å². The van der Waals surface area contributed by atoms with Crippen molar-refractivity contribution < 1.29 is 27.4 Å². The van der Waals surface area contributed by atoms with Gasteiger partial charge in [-0.05, 0) is 49.2 Å². The maximum Gasteiger partial charge on any atom is 0.254 e. The van der Waals surface area contributed by atoms with Gasteiger partial charge in [-0.3, -0.25) is 4.79 Å². The van der Waals surface area contributed by atoms with Gasteiger partial charge in [-0.2, -0.15) is 4.31 Å². The summed E-state index contributed by atoms with van der Waals surface area (Å²) in [5.41, 5.74) is 1.17. The number of rotatable bonds is 9. The topological polar surface area (TPSA) is 85.4 Å². The smallest absolute Gasteiger partial charge is 0.254 e. The van der Waals surface area contributed by atoms with Crippen molar-refractivity contribution in [2.45, 2.75) is 37.6 Å². The molecule has 1 aliphatic rings. The molecule has 9 heteroatoms. The number of hydrogen-bond acceptors (Lipinski definition) is 6. The van der Waals surface area contributed by atoms with Crippen LogP contribution in [0.2, 0.25) is 0 Å². The lowest BCUT2D eigenvalue weighted by Gasteiger charge is -2.27. The Bertz CT molecular complexity index is 1100. The van der Waals surface area contributed by atoms with Crippen molar-refractivity contribution in [3.05, 3.63) is 47.5 Å². The first kappa shape index (κ1) is 24.9. The standard InChI is InChI=1S/C24H32N2O6S/c1-6-25(7-2)33(28,29)23-15-17(10-12-22(23)32-5)24(27)26-14-8-9-20(26)19-16-18(30-3)11-13-21(19)31-4/h10-13,15-16,20H,6-9,14H2,1-5H3/t20-/m1/s1. The molecule has 0 saturated carbocycles. The van der Waals surface area contributed by atoms with Gasteiger partial charge in [-0.15, -0.1) is 0 Å². The van der Waals surface area contributed by atoms with E-state index < -0.39 is 10.0 Å². The fraction of sp³-hybridized carbons (Fsp3) is 0.458. The third-order valence-electron chi connectivity index (χ3n) is 6.04. The summed E-state index contributed by atoms with van der Waals surface area (Å²) in [5.74, 6) is 1.34. The van der Waals surface area contributed by atoms with Crippen molar-refractivity contribution in [2.24, 2.45) is 0 Å². The zero-order valence-corrected chi connectivity index (χ0v) is 20.6. The van der Waals surface area contributed by atoms with Crippen LogP contribution in [-0.2, 0) is 10.0 Å². The van der Waals surface area contributed by atoms with Crippen LogP contribution in [0.5, 0.6) is 17.2 Å². The summed E-state index contributed by atoms with van der Waals surface area (Å²) in [4.78, 5) is 15.3. The number of sulfonamides is 1. The molecule has 0 unspecified atom stereocenters. The van der Waals surface area contributed by atoms with Crippen molar-refractivity contribution >= 4 is 15.9 Å². The van der Waals surface area contributed by atoms with Crippen LogP contribution in [-0.4, -0.2) is 64.5 Å². The molecular weight excluding hydrogens is 444 g/mol. The SMILES string of the molecule is CCN(CC)S(=O)(=O)c1cc(C(=O)N2CCC[C@@H]2c2cc(OC)ccc2OC)ccc1OC. The van der Waals surface area contributed by atoms with Crippen molar-refractivity contribution in [1.29, 1.82) is 0 Å². The molecule has 180 valence electrons. The van der Waals surface area contributed by atoms with Gasteiger partial charge in [-0.1, -0.05) is 13.8 Å². The van der Waals surface area contributed by atoms with Crippen molar-refractivity contribution in [3.8, 4) is 17.2 Å². The molecular formula is C24H32N2O6S. The fourth-order valence-corrected chi connectivity index (χ4v) is 5.95. The molecule has 1 amide bonds. The van der Waals surface area contributed by atoms with E-state index in [9.17, 15) is 13.2 Å². The van der Waals surface area contributed by atoms with Crippen LogP contribution in [0.15, 0.2) is 41.3 Å². The number of methoxy groups -OCH3 is 3. The van der Waals surface area contributed by atoms with Crippen LogP contribution < -0.4 is 14.2 Å². The highest BCUT2D eigenvalue weighted by Gasteiger charge is 2.34. The number of likely N-dealkylation sites (tertiary alicyclic amines) is 1. The molecule has 0 radical (unpaired) electrons. The molecule has 0 aliphatic carbocycles. The highest BCUT2D eigenvalue weighted by atomic mass is 32.2. The maximum atomic E-state index is 13.6. The fourth-order valence-electron chi connectivity index (χ4n) is 4.31. The van der Waals surface area contributed by atoms with E-state index in [1.807, 2.05) is 18.2 Å². The molecule has 2 aromatic rings. The molecule has 1 heterocycles. The lowest BCUT2D eigenvalue weighted by Crippen LogP contribution is -2.32. The number of carbonyl (C=O) groups is 1. The van der Waals surface area contributed by atoms with E-state index in [1.54, 1.807) is 45.1 Å². The second-order valence-corrected chi connectivity index (χ2v) is 9.63. The highest BCUT2D eigenvalue weighted by Crippen LogP contribution is 2.40. The normalized spacial score (nSPS) is 16.2. The minimum Gasteiger partial charge on any atom is -0.497 e. The summed E-state index contributed by atoms with van der Waals surface area (Å²) in [6.45, 7) is 4.76. The number of nitrogens with zero attached hydrogens (tertiary/aromatic N) is 2. The Morgan fingerprint density at radius 1 is 1.00 bits per heavy atom. The first-order valence-electron chi connectivity index (χ1n) is 11.0. The number of carbonyl (C=O) groups excluding carboxylic acids is 1. The van der Waals surface area contributed by atoms with Gasteiger partial charge < -0.3 is 19.1 Å². The van der Waals surface area contributed by atoms with Gasteiger partial charge in [0, 0.05) is 30.8 Å². The van der Waals surface area contributed by atoms with Crippen LogP contribution in [0.4, 0.5) is 0 Å². The molecule has 0 aromatic heterocycles. The highest BCUT2D eigenvalue weighted by molar-refractivity contribution is 7.89. The first-order chi connectivity index (χ1) is 15.8. The summed E-state index contributed by atoms with van der Waals surface area (Å²) < 4.78 is 44.0. The molecule has 1 saturated heterocycles. The van der Waals surface area contributed by atoms with Crippen LogP contribution in [0.1, 0.15) is 48.7 Å². The molecule has 33 heavy (non-hydrogen) atoms. The second-order valence-electron chi connectivity index (χ2n) is 7.72. The first-order valence-corrected chi connectivity index (χ1v) is 12.5. The molecule has 8 nitrogen and oxygen atoms in total. The molecule has 0 N–H and O–H groups in total. The molecule has 0 spiro atoms. The number of hydrogen-bond donors (Lipinski definition) is 0. The molecule has 3 rings (SSSR count). The molecule has 1 atom stereocenters. The van der Waals surface area contributed by atoms with Crippen molar-refractivity contribution in [3.63, 3.8) is 0 Å². The van der Waals surface area contributed by atoms with Gasteiger partial charge in [-0.25, -0.2) is 8.42 Å². The van der Waals surface area contributed by atoms with E-state index in [2.05, 4.69) is 0 Å². The van der Waals surface area contributed by atoms with Gasteiger partial charge in [0.2, 0.25) is 10.0 Å². The zero-order valence-electron chi connectivity index (χ0n) is 19.8. The average molecular weight is 477 g/mol. The summed E-state index contributed by atoms with van der Waals surface area (Å²) in [5, 5.41) is 0. The summed E-state index contributed by atoms with van der Waals surface area (Å²) in [6.07, 6.45) is 1.60. The summed E-state index contributed by atoms with van der Waals surface area (Å²) >= 11 is 0. The van der Waals surface area contributed by atoms with Crippen LogP contribution >= 0.6 is 0 Å². The minimum absolute atomic E-state index is 0.00532. The Balaban J connectivity index is 2.02. The predicted octanol–water partition coefficient (Wildman–Crippen LogP) is 3.72. The third-order valence-corrected chi connectivity index (χ3v) is 8.11. The van der Waals surface area contributed by atoms with Gasteiger partial charge >= 0.3 is 0 Å². The summed E-state index contributed by atoms with van der Waals surface area (Å²) in [6, 6.07) is 9.91. The van der Waals surface area contributed by atoms with Crippen LogP contribution in [0.3, 0.4) is 0 Å². The Hall–Kier alpha value is -2.78. The maximum absolute atomic E-state index is 13.6. The minimum atomic E-state index is -3.81. The lowest BCUT2D eigenvalue weighted by molar-refractivity contribution is 0.0733. The quantitative estimate of drug-likeness (QED) is 0.548. The Labute approximate surface area is 196 Å². The van der Waals surface area contributed by atoms with Gasteiger partial charge in [0.25, 0.3) is 5.91 Å². The van der Waals surface area contributed by atoms with Crippen LogP contribution in [0.25, 0.3) is 0 Å². The monoisotopic (exact) mass is 476 g/mol. The Morgan fingerprint density at radius 2 is 1.67 bits per heavy atom. The van der Waals surface area contributed by atoms with Crippen molar-refractivity contribution in [2.75, 3.05) is 41.0 Å². The lowest BCUT2D eigenvalue weighted by atomic mass is 10.0. The van der Waals surface area contributed by atoms with E-state index >= 15 is 0 Å². The Kier molecular flexibility index (Phi) is 7.86. The van der Waals surface area contributed by atoms with E-state index in [0.717, 1.165) is 18.4 Å². The molecule has 1 fully saturated rings. The van der Waals surface area contributed by atoms with E-state index in [1.165, 1.54) is 17.5 Å². The van der Waals surface area contributed by atoms with Crippen molar-refractivity contribution in [1.82, 2.24) is 9.21 Å². The van der Waals surface area contributed by atoms with Gasteiger partial charge in [0.05, 0.1) is 27.4 Å². The number of benzene rings is 2. The average Bonchev–Trinajstić information content (AvgIpc) is 3.33. The number of ether oxygens (including phenoxy) is 3. The Morgan fingerprint density at radius 3 is 2.27 bits per heavy atom. The van der Waals surface area contributed by atoms with Gasteiger partial charge in [0.15, 0.2) is 0 Å². The van der Waals surface area contributed by atoms with E-state index in [-0.39, 0.29) is 22.6 Å². The third kappa shape index (κ3) is 4.79. The number of amides is 1. The molecule has 2 aromatic carbocycles. The molecule has 1 aliphatic heterocycles. The van der Waals surface area contributed by atoms with Gasteiger partial charge in [0.1, 0.15) is 22.1 Å². The molecule has 0 bridgehead atoms. The second kappa shape index (κ2) is 10.4. The predicted molar refractivity (Wildman–Crippen MR) is 126 cm³/mol.